The molecule has 2 N–H and O–H groups in total. The van der Waals surface area contributed by atoms with Crippen LogP contribution in [0, 0.1) is 5.41 Å². The van der Waals surface area contributed by atoms with Crippen molar-refractivity contribution in [3.05, 3.63) is 23.8 Å². The first-order valence-corrected chi connectivity index (χ1v) is 7.30. The number of benzene rings is 1. The van der Waals surface area contributed by atoms with E-state index >= 15 is 0 Å². The topological polar surface area (TPSA) is 46.3 Å². The van der Waals surface area contributed by atoms with Crippen LogP contribution >= 0.6 is 0 Å². The fourth-order valence-electron chi connectivity index (χ4n) is 3.50. The van der Waals surface area contributed by atoms with Gasteiger partial charge in [-0.25, -0.2) is 0 Å². The number of carbonyl (C=O) groups excluding carboxylic acids is 1. The first-order chi connectivity index (χ1) is 9.10. The summed E-state index contributed by atoms with van der Waals surface area (Å²) in [7, 11) is 0. The van der Waals surface area contributed by atoms with Crippen molar-refractivity contribution in [2.75, 3.05) is 17.2 Å². The molecule has 1 heterocycles. The molecule has 0 aromatic heterocycles. The van der Waals surface area contributed by atoms with Gasteiger partial charge in [0, 0.05) is 23.3 Å². The van der Waals surface area contributed by atoms with Crippen LogP contribution in [0.2, 0.25) is 0 Å². The van der Waals surface area contributed by atoms with Gasteiger partial charge in [0.1, 0.15) is 0 Å². The predicted molar refractivity (Wildman–Crippen MR) is 78.1 cm³/mol. The van der Waals surface area contributed by atoms with Crippen molar-refractivity contribution in [3.63, 3.8) is 0 Å². The van der Waals surface area contributed by atoms with E-state index in [9.17, 15) is 4.79 Å². The lowest BCUT2D eigenvalue weighted by Crippen LogP contribution is -2.42. The number of anilines is 2. The van der Waals surface area contributed by atoms with Crippen LogP contribution in [0.15, 0.2) is 18.2 Å². The molecule has 3 rings (SSSR count). The van der Waals surface area contributed by atoms with Crippen molar-refractivity contribution < 1.29 is 4.79 Å². The Morgan fingerprint density at radius 3 is 2.74 bits per heavy atom. The van der Waals surface area contributed by atoms with Gasteiger partial charge in [-0.3, -0.25) is 4.79 Å². The van der Waals surface area contributed by atoms with Crippen molar-refractivity contribution in [3.8, 4) is 0 Å². The Balaban J connectivity index is 1.87. The molecule has 1 aliphatic heterocycles. The summed E-state index contributed by atoms with van der Waals surface area (Å²) in [6.45, 7) is 2.96. The van der Waals surface area contributed by atoms with Gasteiger partial charge >= 0.3 is 0 Å². The van der Waals surface area contributed by atoms with Crippen LogP contribution in [0.3, 0.4) is 0 Å². The second kappa shape index (κ2) is 4.55. The Kier molecular flexibility index (Phi) is 3.00. The quantitative estimate of drug-likeness (QED) is 0.787. The zero-order valence-electron chi connectivity index (χ0n) is 11.6. The number of fused-ring (bicyclic) bond motifs is 1. The summed E-state index contributed by atoms with van der Waals surface area (Å²) in [6, 6.07) is 5.90. The number of nitrogens with zero attached hydrogens (tertiary/aromatic N) is 1. The molecule has 0 atom stereocenters. The normalized spacial score (nSPS) is 21.2. The Labute approximate surface area is 114 Å². The van der Waals surface area contributed by atoms with Crippen molar-refractivity contribution in [2.24, 2.45) is 5.41 Å². The third-order valence-electron chi connectivity index (χ3n) is 4.72. The molecule has 1 aromatic rings. The van der Waals surface area contributed by atoms with E-state index in [1.54, 1.807) is 0 Å². The van der Waals surface area contributed by atoms with Crippen LogP contribution in [0.1, 0.15) is 44.6 Å². The van der Waals surface area contributed by atoms with Gasteiger partial charge in [-0.2, -0.15) is 0 Å². The van der Waals surface area contributed by atoms with Crippen LogP contribution in [0.4, 0.5) is 11.4 Å². The third kappa shape index (κ3) is 2.11. The van der Waals surface area contributed by atoms with Gasteiger partial charge in [0.15, 0.2) is 0 Å². The highest BCUT2D eigenvalue weighted by atomic mass is 16.2. The molecule has 0 radical (unpaired) electrons. The molecule has 0 spiro atoms. The number of hydrogen-bond donors (Lipinski definition) is 1. The van der Waals surface area contributed by atoms with E-state index in [1.165, 1.54) is 24.8 Å². The first kappa shape index (κ1) is 12.5. The van der Waals surface area contributed by atoms with E-state index in [2.05, 4.69) is 6.92 Å². The minimum atomic E-state index is -0.152. The predicted octanol–water partition coefficient (Wildman–Crippen LogP) is 3.13. The molecule has 1 fully saturated rings. The molecule has 1 saturated carbocycles. The largest absolute Gasteiger partial charge is 0.399 e. The molecule has 3 heteroatoms. The average molecular weight is 258 g/mol. The fourth-order valence-corrected chi connectivity index (χ4v) is 3.50. The molecule has 1 aromatic carbocycles. The maximum atomic E-state index is 12.9. The highest BCUT2D eigenvalue weighted by molar-refractivity contribution is 5.99. The number of nitrogens with two attached hydrogens (primary N) is 1. The molecule has 0 saturated heterocycles. The monoisotopic (exact) mass is 258 g/mol. The van der Waals surface area contributed by atoms with E-state index in [-0.39, 0.29) is 5.41 Å². The summed E-state index contributed by atoms with van der Waals surface area (Å²) in [5.41, 5.74) is 8.75. The molecule has 102 valence electrons. The van der Waals surface area contributed by atoms with Crippen molar-refractivity contribution >= 4 is 17.3 Å². The number of amides is 1. The number of hydrogen-bond acceptors (Lipinski definition) is 2. The van der Waals surface area contributed by atoms with E-state index in [1.807, 2.05) is 23.1 Å². The van der Waals surface area contributed by atoms with Gasteiger partial charge in [-0.15, -0.1) is 0 Å². The highest BCUT2D eigenvalue weighted by Crippen LogP contribution is 2.40. The van der Waals surface area contributed by atoms with Gasteiger partial charge in [-0.1, -0.05) is 26.2 Å². The van der Waals surface area contributed by atoms with Crippen molar-refractivity contribution in [1.29, 1.82) is 0 Å². The molecule has 1 amide bonds. The van der Waals surface area contributed by atoms with Crippen LogP contribution in [-0.4, -0.2) is 12.5 Å². The SMILES string of the molecule is CC1(C(=O)N2CCc3cc(N)ccc32)CCCCC1. The Hall–Kier alpha value is -1.51. The summed E-state index contributed by atoms with van der Waals surface area (Å²) < 4.78 is 0. The Bertz CT molecular complexity index is 503. The maximum absolute atomic E-state index is 12.9. The van der Waals surface area contributed by atoms with Crippen LogP contribution in [0.5, 0.6) is 0 Å². The molecular weight excluding hydrogens is 236 g/mol. The Morgan fingerprint density at radius 1 is 1.26 bits per heavy atom. The number of carbonyl (C=O) groups is 1. The minimum Gasteiger partial charge on any atom is -0.399 e. The van der Waals surface area contributed by atoms with E-state index < -0.39 is 0 Å². The van der Waals surface area contributed by atoms with Crippen molar-refractivity contribution in [1.82, 2.24) is 0 Å². The first-order valence-electron chi connectivity index (χ1n) is 7.30. The van der Waals surface area contributed by atoms with Crippen LogP contribution < -0.4 is 10.6 Å². The van der Waals surface area contributed by atoms with E-state index in [0.717, 1.165) is 37.2 Å². The zero-order valence-corrected chi connectivity index (χ0v) is 11.6. The van der Waals surface area contributed by atoms with Gasteiger partial charge < -0.3 is 10.6 Å². The average Bonchev–Trinajstić information content (AvgIpc) is 2.81. The van der Waals surface area contributed by atoms with Crippen molar-refractivity contribution in [2.45, 2.75) is 45.4 Å². The zero-order chi connectivity index (χ0) is 13.5. The molecule has 0 bridgehead atoms. The fraction of sp³-hybridized carbons (Fsp3) is 0.562. The number of nitrogen functional groups attached to an aromatic ring is 1. The van der Waals surface area contributed by atoms with Gasteiger partial charge in [0.25, 0.3) is 0 Å². The molecule has 0 unspecified atom stereocenters. The van der Waals surface area contributed by atoms with E-state index in [4.69, 9.17) is 5.73 Å². The molecule has 19 heavy (non-hydrogen) atoms. The van der Waals surface area contributed by atoms with Gasteiger partial charge in [0.2, 0.25) is 5.91 Å². The van der Waals surface area contributed by atoms with Gasteiger partial charge in [-0.05, 0) is 43.0 Å². The number of rotatable bonds is 1. The summed E-state index contributed by atoms with van der Waals surface area (Å²) in [6.07, 6.45) is 6.65. The third-order valence-corrected chi connectivity index (χ3v) is 4.72. The lowest BCUT2D eigenvalue weighted by Gasteiger charge is -2.35. The Morgan fingerprint density at radius 2 is 2.00 bits per heavy atom. The van der Waals surface area contributed by atoms with Gasteiger partial charge in [0.05, 0.1) is 0 Å². The summed E-state index contributed by atoms with van der Waals surface area (Å²) in [4.78, 5) is 14.9. The minimum absolute atomic E-state index is 0.152. The second-order valence-electron chi connectivity index (χ2n) is 6.22. The molecule has 2 aliphatic rings. The summed E-state index contributed by atoms with van der Waals surface area (Å²) in [5.74, 6) is 0.315. The molecule has 3 nitrogen and oxygen atoms in total. The lowest BCUT2D eigenvalue weighted by molar-refractivity contribution is -0.128. The molecular formula is C16H22N2O. The molecule has 1 aliphatic carbocycles. The smallest absolute Gasteiger partial charge is 0.232 e. The summed E-state index contributed by atoms with van der Waals surface area (Å²) >= 11 is 0. The highest BCUT2D eigenvalue weighted by Gasteiger charge is 2.39. The second-order valence-corrected chi connectivity index (χ2v) is 6.22. The maximum Gasteiger partial charge on any atom is 0.232 e. The van der Waals surface area contributed by atoms with E-state index in [0.29, 0.717) is 5.91 Å². The van der Waals surface area contributed by atoms with Crippen LogP contribution in [0.25, 0.3) is 0 Å². The lowest BCUT2D eigenvalue weighted by atomic mass is 9.74. The van der Waals surface area contributed by atoms with Crippen LogP contribution in [-0.2, 0) is 11.2 Å². The standard InChI is InChI=1S/C16H22N2O/c1-16(8-3-2-4-9-16)15(19)18-10-7-12-11-13(17)5-6-14(12)18/h5-6,11H,2-4,7-10,17H2,1H3. The summed E-state index contributed by atoms with van der Waals surface area (Å²) in [5, 5.41) is 0.